The van der Waals surface area contributed by atoms with Gasteiger partial charge in [0.15, 0.2) is 0 Å². The third kappa shape index (κ3) is 4.53. The fourth-order valence-electron chi connectivity index (χ4n) is 2.04. The molecule has 0 fully saturated rings. The van der Waals surface area contributed by atoms with Gasteiger partial charge in [0.2, 0.25) is 0 Å². The molecule has 1 aromatic rings. The van der Waals surface area contributed by atoms with E-state index in [-0.39, 0.29) is 35.2 Å². The van der Waals surface area contributed by atoms with Gasteiger partial charge in [-0.05, 0) is 24.8 Å². The number of rotatable bonds is 5. The largest absolute Gasteiger partial charge is 0.396 e. The van der Waals surface area contributed by atoms with Crippen LogP contribution in [0.15, 0.2) is 18.2 Å². The standard InChI is InChI=1S/C15H22N2O4/c1-10-5-6-11(9-12(10)17(20)21)14(19)16-13(7-8-18)15(2,3)4/h5-6,9,13,18H,7-8H2,1-4H3,(H,16,19). The van der Waals surface area contributed by atoms with Gasteiger partial charge in [-0.3, -0.25) is 14.9 Å². The maximum absolute atomic E-state index is 12.2. The molecule has 0 radical (unpaired) electrons. The number of nitro groups is 1. The van der Waals surface area contributed by atoms with E-state index >= 15 is 0 Å². The van der Waals surface area contributed by atoms with Crippen molar-refractivity contribution in [2.24, 2.45) is 5.41 Å². The minimum absolute atomic E-state index is 0.0315. The molecule has 0 saturated heterocycles. The summed E-state index contributed by atoms with van der Waals surface area (Å²) in [6.45, 7) is 7.49. The lowest BCUT2D eigenvalue weighted by molar-refractivity contribution is -0.385. The van der Waals surface area contributed by atoms with E-state index in [9.17, 15) is 14.9 Å². The molecule has 0 aliphatic carbocycles. The van der Waals surface area contributed by atoms with Gasteiger partial charge in [0.25, 0.3) is 11.6 Å². The lowest BCUT2D eigenvalue weighted by Crippen LogP contribution is -2.44. The average molecular weight is 294 g/mol. The molecule has 0 heterocycles. The third-order valence-electron chi connectivity index (χ3n) is 3.44. The highest BCUT2D eigenvalue weighted by Crippen LogP contribution is 2.23. The number of nitro benzene ring substituents is 1. The van der Waals surface area contributed by atoms with E-state index in [4.69, 9.17) is 5.11 Å². The number of carbonyl (C=O) groups excluding carboxylic acids is 1. The van der Waals surface area contributed by atoms with Crippen LogP contribution in [0.3, 0.4) is 0 Å². The summed E-state index contributed by atoms with van der Waals surface area (Å²) < 4.78 is 0. The second-order valence-corrected chi connectivity index (χ2v) is 6.16. The normalized spacial score (nSPS) is 12.8. The zero-order chi connectivity index (χ0) is 16.2. The minimum Gasteiger partial charge on any atom is -0.396 e. The highest BCUT2D eigenvalue weighted by atomic mass is 16.6. The zero-order valence-electron chi connectivity index (χ0n) is 12.8. The molecule has 0 aliphatic heterocycles. The third-order valence-corrected chi connectivity index (χ3v) is 3.44. The number of amides is 1. The lowest BCUT2D eigenvalue weighted by Gasteiger charge is -2.31. The summed E-state index contributed by atoms with van der Waals surface area (Å²) in [5, 5.41) is 22.9. The molecule has 2 N–H and O–H groups in total. The molecule has 1 atom stereocenters. The summed E-state index contributed by atoms with van der Waals surface area (Å²) in [4.78, 5) is 22.7. The summed E-state index contributed by atoms with van der Waals surface area (Å²) in [6, 6.07) is 4.19. The van der Waals surface area contributed by atoms with Gasteiger partial charge in [0.05, 0.1) is 4.92 Å². The van der Waals surface area contributed by atoms with Crippen LogP contribution in [-0.2, 0) is 0 Å². The van der Waals surface area contributed by atoms with Crippen molar-refractivity contribution in [2.75, 3.05) is 6.61 Å². The Morgan fingerprint density at radius 2 is 2.05 bits per heavy atom. The van der Waals surface area contributed by atoms with E-state index in [1.54, 1.807) is 19.1 Å². The molecule has 6 nitrogen and oxygen atoms in total. The quantitative estimate of drug-likeness (QED) is 0.644. The number of benzene rings is 1. The molecule has 1 aromatic carbocycles. The molecule has 0 bridgehead atoms. The summed E-state index contributed by atoms with van der Waals surface area (Å²) in [7, 11) is 0. The van der Waals surface area contributed by atoms with Gasteiger partial charge in [0.1, 0.15) is 0 Å². The Morgan fingerprint density at radius 3 is 2.52 bits per heavy atom. The molecule has 1 rings (SSSR count). The minimum atomic E-state index is -0.499. The maximum atomic E-state index is 12.2. The van der Waals surface area contributed by atoms with E-state index < -0.39 is 4.92 Å². The van der Waals surface area contributed by atoms with E-state index in [0.717, 1.165) is 0 Å². The van der Waals surface area contributed by atoms with E-state index in [0.29, 0.717) is 12.0 Å². The molecule has 1 unspecified atom stereocenters. The van der Waals surface area contributed by atoms with Crippen LogP contribution in [0.2, 0.25) is 0 Å². The molecule has 116 valence electrons. The van der Waals surface area contributed by atoms with Gasteiger partial charge in [-0.15, -0.1) is 0 Å². The monoisotopic (exact) mass is 294 g/mol. The van der Waals surface area contributed by atoms with Crippen molar-refractivity contribution < 1.29 is 14.8 Å². The Morgan fingerprint density at radius 1 is 1.43 bits per heavy atom. The number of nitrogens with one attached hydrogen (secondary N) is 1. The Hall–Kier alpha value is -1.95. The Balaban J connectivity index is 2.98. The van der Waals surface area contributed by atoms with E-state index in [1.807, 2.05) is 20.8 Å². The van der Waals surface area contributed by atoms with E-state index in [2.05, 4.69) is 5.32 Å². The molecular weight excluding hydrogens is 272 g/mol. The van der Waals surface area contributed by atoms with Crippen molar-refractivity contribution >= 4 is 11.6 Å². The zero-order valence-corrected chi connectivity index (χ0v) is 12.8. The number of aliphatic hydroxyl groups excluding tert-OH is 1. The molecule has 0 spiro atoms. The van der Waals surface area contributed by atoms with Crippen LogP contribution in [0.5, 0.6) is 0 Å². The van der Waals surface area contributed by atoms with Gasteiger partial charge < -0.3 is 10.4 Å². The SMILES string of the molecule is Cc1ccc(C(=O)NC(CCO)C(C)(C)C)cc1[N+](=O)[O-]. The Bertz CT molecular complexity index is 535. The highest BCUT2D eigenvalue weighted by Gasteiger charge is 2.26. The summed E-state index contributed by atoms with van der Waals surface area (Å²) >= 11 is 0. The fourth-order valence-corrected chi connectivity index (χ4v) is 2.04. The summed E-state index contributed by atoms with van der Waals surface area (Å²) in [6.07, 6.45) is 0.434. The average Bonchev–Trinajstić information content (AvgIpc) is 2.37. The van der Waals surface area contributed by atoms with Crippen LogP contribution in [0.25, 0.3) is 0 Å². The number of aliphatic hydroxyl groups is 1. The number of nitrogens with zero attached hydrogens (tertiary/aromatic N) is 1. The molecule has 1 amide bonds. The van der Waals surface area contributed by atoms with Gasteiger partial charge in [-0.2, -0.15) is 0 Å². The molecular formula is C15H22N2O4. The van der Waals surface area contributed by atoms with Crippen LogP contribution in [0.1, 0.15) is 43.1 Å². The van der Waals surface area contributed by atoms with Gasteiger partial charge in [-0.25, -0.2) is 0 Å². The smallest absolute Gasteiger partial charge is 0.273 e. The van der Waals surface area contributed by atoms with Crippen molar-refractivity contribution in [3.8, 4) is 0 Å². The molecule has 6 heteroatoms. The topological polar surface area (TPSA) is 92.5 Å². The predicted octanol–water partition coefficient (Wildman–Crippen LogP) is 2.43. The maximum Gasteiger partial charge on any atom is 0.273 e. The highest BCUT2D eigenvalue weighted by molar-refractivity contribution is 5.95. The number of hydrogen-bond acceptors (Lipinski definition) is 4. The van der Waals surface area contributed by atoms with Gasteiger partial charge >= 0.3 is 0 Å². The first kappa shape index (κ1) is 17.1. The van der Waals surface area contributed by atoms with Crippen LogP contribution >= 0.6 is 0 Å². The first-order valence-electron chi connectivity index (χ1n) is 6.83. The fraction of sp³-hybridized carbons (Fsp3) is 0.533. The lowest BCUT2D eigenvalue weighted by atomic mass is 9.84. The van der Waals surface area contributed by atoms with Crippen molar-refractivity contribution in [2.45, 2.75) is 40.2 Å². The van der Waals surface area contributed by atoms with Gasteiger partial charge in [-0.1, -0.05) is 26.8 Å². The first-order chi connectivity index (χ1) is 9.66. The van der Waals surface area contributed by atoms with Crippen LogP contribution < -0.4 is 5.32 Å². The number of hydrogen-bond donors (Lipinski definition) is 2. The van der Waals surface area contributed by atoms with Crippen molar-refractivity contribution in [3.63, 3.8) is 0 Å². The molecule has 0 aliphatic rings. The second-order valence-electron chi connectivity index (χ2n) is 6.16. The van der Waals surface area contributed by atoms with Crippen molar-refractivity contribution in [1.29, 1.82) is 0 Å². The number of aryl methyl sites for hydroxylation is 1. The summed E-state index contributed by atoms with van der Waals surface area (Å²) in [5.74, 6) is -0.369. The van der Waals surface area contributed by atoms with Crippen LogP contribution in [-0.4, -0.2) is 28.6 Å². The van der Waals surface area contributed by atoms with Crippen LogP contribution in [0.4, 0.5) is 5.69 Å². The van der Waals surface area contributed by atoms with Gasteiger partial charge in [0, 0.05) is 29.8 Å². The molecule has 0 saturated carbocycles. The Labute approximate surface area is 124 Å². The summed E-state index contributed by atoms with van der Waals surface area (Å²) in [5.41, 5.74) is 0.477. The first-order valence-corrected chi connectivity index (χ1v) is 6.83. The van der Waals surface area contributed by atoms with Crippen molar-refractivity contribution in [1.82, 2.24) is 5.32 Å². The van der Waals surface area contributed by atoms with Crippen LogP contribution in [0, 0.1) is 22.5 Å². The second kappa shape index (κ2) is 6.67. The number of carbonyl (C=O) groups is 1. The Kier molecular flexibility index (Phi) is 5.43. The van der Waals surface area contributed by atoms with Crippen molar-refractivity contribution in [3.05, 3.63) is 39.4 Å². The molecule has 0 aromatic heterocycles. The predicted molar refractivity (Wildman–Crippen MR) is 80.2 cm³/mol. The van der Waals surface area contributed by atoms with E-state index in [1.165, 1.54) is 6.07 Å². The molecule has 21 heavy (non-hydrogen) atoms.